The summed E-state index contributed by atoms with van der Waals surface area (Å²) in [6, 6.07) is 21.4. The number of ether oxygens (including phenoxy) is 3. The monoisotopic (exact) mass is 1080 g/mol. The number of aryl methyl sites for hydroxylation is 1. The van der Waals surface area contributed by atoms with E-state index in [2.05, 4.69) is 57.5 Å². The number of rotatable bonds is 19. The molecule has 5 aliphatic rings. The smallest absolute Gasteiger partial charge is 0.254 e. The summed E-state index contributed by atoms with van der Waals surface area (Å²) in [5, 5.41) is 47.1. The maximum atomic E-state index is 14.3. The van der Waals surface area contributed by atoms with Crippen LogP contribution in [0.15, 0.2) is 89.0 Å². The normalized spacial score (nSPS) is 23.3. The van der Waals surface area contributed by atoms with Crippen molar-refractivity contribution in [3.8, 4) is 39.2 Å². The van der Waals surface area contributed by atoms with Gasteiger partial charge in [-0.15, -0.1) is 21.5 Å². The molecule has 78 heavy (non-hydrogen) atoms. The zero-order chi connectivity index (χ0) is 54.0. The third kappa shape index (κ3) is 11.5. The number of piperidine rings is 1. The summed E-state index contributed by atoms with van der Waals surface area (Å²) in [6.45, 7) is 9.80. The fourth-order valence-electron chi connectivity index (χ4n) is 12.0. The summed E-state index contributed by atoms with van der Waals surface area (Å²) in [7, 11) is 0. The number of benzene rings is 2. The van der Waals surface area contributed by atoms with Gasteiger partial charge in [0.15, 0.2) is 11.6 Å². The number of pyridine rings is 1. The van der Waals surface area contributed by atoms with Crippen molar-refractivity contribution in [2.75, 3.05) is 68.0 Å². The Kier molecular flexibility index (Phi) is 15.8. The van der Waals surface area contributed by atoms with Gasteiger partial charge in [-0.2, -0.15) is 0 Å². The van der Waals surface area contributed by atoms with Crippen molar-refractivity contribution in [2.24, 2.45) is 5.92 Å². The van der Waals surface area contributed by atoms with E-state index in [0.29, 0.717) is 47.4 Å². The first kappa shape index (κ1) is 53.1. The zero-order valence-corrected chi connectivity index (χ0v) is 45.1. The van der Waals surface area contributed by atoms with Crippen LogP contribution in [0, 0.1) is 12.8 Å². The van der Waals surface area contributed by atoms with E-state index in [1.807, 2.05) is 69.4 Å². The molecule has 1 saturated carbocycles. The Morgan fingerprint density at radius 3 is 2.38 bits per heavy atom. The number of β-amino-alcohol motifs (C(OH)–C–C–N with tert-alkyl or cyclic N) is 1. The van der Waals surface area contributed by atoms with E-state index in [-0.39, 0.29) is 73.4 Å². The molecule has 6 N–H and O–H groups in total. The fourth-order valence-corrected chi connectivity index (χ4v) is 12.8. The SMILES string of the molecule is Cc1ncsc1-c1ccc([C@H](CO)NC(=O)[C@@H]2C[C@@H](O)CN2C(=O)C(c2cc(OCCN3CCC(OC4CC(Oc5cc(N6C7CCC6CN(c6cc(-c8ccccc8O)nnc6N)C7)ccn5)C4)CC3)no2)C(C)C)cc1. The summed E-state index contributed by atoms with van der Waals surface area (Å²) in [4.78, 5) is 46.6. The lowest BCUT2D eigenvalue weighted by Gasteiger charge is -2.43. The highest BCUT2D eigenvalue weighted by Gasteiger charge is 2.45. The Labute approximate surface area is 457 Å². The summed E-state index contributed by atoms with van der Waals surface area (Å²) in [6.07, 6.45) is 7.00. The number of fused-ring (bicyclic) bond motifs is 2. The quantitative estimate of drug-likeness (QED) is 0.0612. The van der Waals surface area contributed by atoms with Gasteiger partial charge in [0.1, 0.15) is 30.4 Å². The molecule has 21 heteroatoms. The molecule has 8 heterocycles. The molecule has 3 unspecified atom stereocenters. The van der Waals surface area contributed by atoms with Gasteiger partial charge in [-0.25, -0.2) is 9.97 Å². The number of aliphatic hydroxyl groups excluding tert-OH is 2. The molecule has 412 valence electrons. The number of aromatic nitrogens is 5. The predicted octanol–water partition coefficient (Wildman–Crippen LogP) is 6.12. The van der Waals surface area contributed by atoms with Gasteiger partial charge in [0.05, 0.1) is 58.4 Å². The number of thiazole rings is 1. The minimum Gasteiger partial charge on any atom is -0.507 e. The Balaban J connectivity index is 0.604. The standard InChI is InChI=1S/C57H69N11O9S/c1-33(2)53(57(73)67-30-40(70)23-48(67)56(72)61-46(31-69)35-8-10-36(11-9-35)54-34(3)60-32-78-54)50-27-52(64-77-50)74-21-20-65-18-15-41(16-19-65)75-42-24-43(25-42)76-51-22-37(14-17-59-51)68-38-12-13-39(68)29-66(28-38)47-26-45(62-63-55(47)58)44-6-4-5-7-49(44)71/h4-11,14,17,22,26-27,32-33,38-43,46,48,53,69-71H,12-13,15-16,18-21,23-25,28-31H2,1-3H3,(H2,58,63)(H,61,72)/t38?,39?,40-,42?,43?,46+,48+,53?/m1/s1. The minimum absolute atomic E-state index is 0.00727. The molecule has 20 nitrogen and oxygen atoms in total. The zero-order valence-electron chi connectivity index (χ0n) is 44.3. The van der Waals surface area contributed by atoms with Crippen LogP contribution in [0.3, 0.4) is 0 Å². The number of nitrogen functional groups attached to an aromatic ring is 1. The van der Waals surface area contributed by atoms with Crippen LogP contribution in [0.5, 0.6) is 17.5 Å². The number of carbonyl (C=O) groups is 2. The van der Waals surface area contributed by atoms with Crippen LogP contribution in [0.2, 0.25) is 0 Å². The van der Waals surface area contributed by atoms with E-state index in [9.17, 15) is 24.9 Å². The van der Waals surface area contributed by atoms with Gasteiger partial charge in [-0.3, -0.25) is 14.5 Å². The third-order valence-corrected chi connectivity index (χ3v) is 17.1. The number of phenols is 1. The number of para-hydroxylation sites is 1. The number of amides is 2. The van der Waals surface area contributed by atoms with E-state index in [1.165, 1.54) is 4.90 Å². The Bertz CT molecular complexity index is 3020. The first-order chi connectivity index (χ1) is 37.8. The molecule has 4 aromatic heterocycles. The molecule has 6 aromatic rings. The molecule has 6 atom stereocenters. The molecular weight excluding hydrogens is 1010 g/mol. The van der Waals surface area contributed by atoms with Crippen LogP contribution < -0.4 is 30.3 Å². The van der Waals surface area contributed by atoms with Crippen molar-refractivity contribution in [3.63, 3.8) is 0 Å². The van der Waals surface area contributed by atoms with Gasteiger partial charge in [0.25, 0.3) is 5.88 Å². The second-order valence-electron chi connectivity index (χ2n) is 21.7. The van der Waals surface area contributed by atoms with Crippen molar-refractivity contribution in [3.05, 3.63) is 102 Å². The average Bonchev–Trinajstić information content (AvgIpc) is 4.26. The number of piperazine rings is 1. The maximum absolute atomic E-state index is 14.3. The molecule has 2 aromatic carbocycles. The molecule has 11 rings (SSSR count). The van der Waals surface area contributed by atoms with Crippen LogP contribution in [0.25, 0.3) is 21.7 Å². The lowest BCUT2D eigenvalue weighted by Crippen LogP contribution is -2.54. The molecular formula is C57H69N11O9S. The highest BCUT2D eigenvalue weighted by atomic mass is 32.1. The average molecular weight is 1080 g/mol. The summed E-state index contributed by atoms with van der Waals surface area (Å²) in [5.74, 6) is -0.0271. The van der Waals surface area contributed by atoms with Crippen molar-refractivity contribution in [1.82, 2.24) is 40.4 Å². The number of aliphatic hydroxyl groups is 2. The number of phenolic OH excluding ortho intramolecular Hbond substituents is 1. The molecule has 1 aliphatic carbocycles. The molecule has 4 saturated heterocycles. The van der Waals surface area contributed by atoms with Crippen molar-refractivity contribution in [1.29, 1.82) is 0 Å². The number of hydrogen-bond donors (Lipinski definition) is 5. The van der Waals surface area contributed by atoms with Crippen LogP contribution in [-0.2, 0) is 14.3 Å². The van der Waals surface area contributed by atoms with Gasteiger partial charge in [0.2, 0.25) is 17.7 Å². The maximum Gasteiger partial charge on any atom is 0.254 e. The van der Waals surface area contributed by atoms with Crippen molar-refractivity contribution < 1.29 is 43.6 Å². The molecule has 2 bridgehead atoms. The molecule has 4 aliphatic heterocycles. The number of anilines is 3. The highest BCUT2D eigenvalue weighted by Crippen LogP contribution is 2.41. The molecule has 0 spiro atoms. The third-order valence-electron chi connectivity index (χ3n) is 16.2. The van der Waals surface area contributed by atoms with Crippen LogP contribution in [0.4, 0.5) is 17.2 Å². The van der Waals surface area contributed by atoms with Gasteiger partial charge in [0, 0.05) is 100 Å². The molecule has 2 amide bonds. The number of nitrogens with one attached hydrogen (secondary N) is 1. The number of likely N-dealkylation sites (tertiary alicyclic amines) is 2. The first-order valence-electron chi connectivity index (χ1n) is 27.3. The van der Waals surface area contributed by atoms with Crippen molar-refractivity contribution in [2.45, 2.75) is 120 Å². The largest absolute Gasteiger partial charge is 0.507 e. The van der Waals surface area contributed by atoms with E-state index < -0.39 is 30.0 Å². The Hall–Kier alpha value is -6.91. The first-order valence-corrected chi connectivity index (χ1v) is 28.2. The predicted molar refractivity (Wildman–Crippen MR) is 293 cm³/mol. The topological polar surface area (TPSA) is 251 Å². The van der Waals surface area contributed by atoms with Gasteiger partial charge < -0.3 is 59.8 Å². The number of nitrogens with two attached hydrogens (primary N) is 1. The number of nitrogens with zero attached hydrogens (tertiary/aromatic N) is 9. The summed E-state index contributed by atoms with van der Waals surface area (Å²) in [5.41, 5.74) is 14.0. The fraction of sp³-hybridized carbons (Fsp3) is 0.491. The van der Waals surface area contributed by atoms with Crippen molar-refractivity contribution >= 4 is 40.3 Å². The molecule has 5 fully saturated rings. The van der Waals surface area contributed by atoms with Crippen LogP contribution in [-0.4, -0.2) is 157 Å². The second-order valence-corrected chi connectivity index (χ2v) is 22.6. The van der Waals surface area contributed by atoms with E-state index in [1.54, 1.807) is 35.0 Å². The highest BCUT2D eigenvalue weighted by molar-refractivity contribution is 7.13. The van der Waals surface area contributed by atoms with E-state index in [0.717, 1.165) is 92.2 Å². The second kappa shape index (κ2) is 23.2. The van der Waals surface area contributed by atoms with Gasteiger partial charge in [-0.1, -0.05) is 50.2 Å². The number of hydrogen-bond acceptors (Lipinski definition) is 19. The van der Waals surface area contributed by atoms with E-state index in [4.69, 9.17) is 24.5 Å². The summed E-state index contributed by atoms with van der Waals surface area (Å²) < 4.78 is 24.7. The number of carbonyl (C=O) groups excluding carboxylic acids is 2. The van der Waals surface area contributed by atoms with Gasteiger partial charge in [-0.05, 0) is 79.1 Å². The summed E-state index contributed by atoms with van der Waals surface area (Å²) >= 11 is 1.55. The molecule has 0 radical (unpaired) electrons. The number of aromatic hydroxyl groups is 1. The van der Waals surface area contributed by atoms with Gasteiger partial charge >= 0.3 is 0 Å². The van der Waals surface area contributed by atoms with Crippen LogP contribution >= 0.6 is 11.3 Å². The Morgan fingerprint density at radius 1 is 0.897 bits per heavy atom. The Morgan fingerprint density at radius 2 is 1.67 bits per heavy atom. The lowest BCUT2D eigenvalue weighted by molar-refractivity contribution is -0.141. The minimum atomic E-state index is -0.939. The van der Waals surface area contributed by atoms with Crippen LogP contribution in [0.1, 0.15) is 87.8 Å². The van der Waals surface area contributed by atoms with E-state index >= 15 is 0 Å². The lowest BCUT2D eigenvalue weighted by atomic mass is 9.91.